The summed E-state index contributed by atoms with van der Waals surface area (Å²) in [6.45, 7) is 4.40. The quantitative estimate of drug-likeness (QED) is 0.528. The number of allylic oxidation sites excluding steroid dienone is 2. The Morgan fingerprint density at radius 1 is 1.29 bits per heavy atom. The van der Waals surface area contributed by atoms with Gasteiger partial charge in [0.15, 0.2) is 0 Å². The summed E-state index contributed by atoms with van der Waals surface area (Å²) in [5.41, 5.74) is 1.93. The van der Waals surface area contributed by atoms with Crippen molar-refractivity contribution in [2.24, 2.45) is 0 Å². The van der Waals surface area contributed by atoms with Crippen LogP contribution in [0.5, 0.6) is 5.75 Å². The normalized spacial score (nSPS) is 19.5. The molecule has 1 fully saturated rings. The summed E-state index contributed by atoms with van der Waals surface area (Å²) < 4.78 is 5.62. The molecule has 148 valence electrons. The van der Waals surface area contributed by atoms with Crippen LogP contribution in [0.15, 0.2) is 44.7 Å². The van der Waals surface area contributed by atoms with E-state index in [0.29, 0.717) is 11.3 Å². The zero-order valence-corrected chi connectivity index (χ0v) is 18.2. The lowest BCUT2D eigenvalue weighted by Crippen LogP contribution is -2.33. The van der Waals surface area contributed by atoms with E-state index < -0.39 is 12.5 Å². The summed E-state index contributed by atoms with van der Waals surface area (Å²) >= 11 is 8.02. The Morgan fingerprint density at radius 2 is 2.04 bits per heavy atom. The van der Waals surface area contributed by atoms with Crippen LogP contribution in [0, 0.1) is 0 Å². The first-order valence-electron chi connectivity index (χ1n) is 8.73. The predicted octanol–water partition coefficient (Wildman–Crippen LogP) is 4.08. The number of thiocarbonyl (C=S) groups is 1. The highest BCUT2D eigenvalue weighted by Crippen LogP contribution is 2.48. The number of aliphatic carboxylic acids is 1. The average molecular weight is 437 g/mol. The molecule has 2 aliphatic heterocycles. The number of ether oxygens (including phenoxy) is 1. The van der Waals surface area contributed by atoms with Crippen molar-refractivity contribution in [3.63, 3.8) is 0 Å². The van der Waals surface area contributed by atoms with Gasteiger partial charge in [-0.05, 0) is 37.1 Å². The highest BCUT2D eigenvalue weighted by molar-refractivity contribution is 8.26. The van der Waals surface area contributed by atoms with E-state index in [4.69, 9.17) is 22.1 Å². The molecule has 1 amide bonds. The topological polar surface area (TPSA) is 70.1 Å². The zero-order chi connectivity index (χ0) is 20.4. The minimum absolute atomic E-state index is 0.284. The molecule has 1 aromatic carbocycles. The van der Waals surface area contributed by atoms with E-state index in [2.05, 4.69) is 11.8 Å². The van der Waals surface area contributed by atoms with Gasteiger partial charge in [-0.2, -0.15) is 0 Å². The number of nitrogens with zero attached hydrogens (tertiary/aromatic N) is 2. The minimum atomic E-state index is -1.08. The lowest BCUT2D eigenvalue weighted by molar-refractivity contribution is -0.140. The largest absolute Gasteiger partial charge is 0.497 e. The Labute approximate surface area is 177 Å². The van der Waals surface area contributed by atoms with Crippen molar-refractivity contribution in [2.45, 2.75) is 25.2 Å². The molecule has 28 heavy (non-hydrogen) atoms. The number of thioether (sulfide) groups is 2. The lowest BCUT2D eigenvalue weighted by Gasteiger charge is -2.19. The number of amides is 1. The van der Waals surface area contributed by atoms with Crippen LogP contribution in [0.2, 0.25) is 0 Å². The molecule has 0 spiro atoms. The van der Waals surface area contributed by atoms with Crippen molar-refractivity contribution in [2.75, 3.05) is 25.1 Å². The summed E-state index contributed by atoms with van der Waals surface area (Å²) in [5, 5.41) is 10.0. The molecule has 0 radical (unpaired) electrons. The van der Waals surface area contributed by atoms with Crippen LogP contribution in [0.3, 0.4) is 0 Å². The maximum atomic E-state index is 12.7. The van der Waals surface area contributed by atoms with E-state index in [1.165, 1.54) is 11.8 Å². The molecule has 0 atom stereocenters. The molecule has 0 aromatic heterocycles. The number of carbonyl (C=O) groups excluding carboxylic acids is 1. The molecule has 0 saturated carbocycles. The lowest BCUT2D eigenvalue weighted by atomic mass is 10.1. The van der Waals surface area contributed by atoms with E-state index in [1.807, 2.05) is 31.2 Å². The van der Waals surface area contributed by atoms with Gasteiger partial charge in [0.2, 0.25) is 0 Å². The van der Waals surface area contributed by atoms with Crippen LogP contribution in [0.4, 0.5) is 5.69 Å². The standard InChI is InChI=1S/C19H20N2O4S3/c1-4-11(17-18(24)21(10-16(22)23)19(26)28-17)8-15-20(5-2)13-9-12(25-3)6-7-14(13)27-15/h6-9H,4-5,10H2,1-3H3,(H,22,23)/b15-8+,17-11-. The SMILES string of the molecule is CCC(/C=C1/Sc2ccc(OC)cc2N1CC)=C1/SC(=S)N(CC(=O)O)C1=O. The number of hydrogen-bond acceptors (Lipinski definition) is 7. The van der Waals surface area contributed by atoms with Gasteiger partial charge in [-0.3, -0.25) is 14.5 Å². The third-order valence-electron chi connectivity index (χ3n) is 4.37. The molecule has 1 saturated heterocycles. The third-order valence-corrected chi connectivity index (χ3v) is 6.99. The molecule has 0 aliphatic carbocycles. The van der Waals surface area contributed by atoms with E-state index >= 15 is 0 Å². The summed E-state index contributed by atoms with van der Waals surface area (Å²) in [5.74, 6) is -0.623. The van der Waals surface area contributed by atoms with Crippen molar-refractivity contribution in [1.29, 1.82) is 0 Å². The fourth-order valence-electron chi connectivity index (χ4n) is 2.98. The molecule has 0 bridgehead atoms. The molecular weight excluding hydrogens is 416 g/mol. The molecule has 1 aromatic rings. The molecule has 2 heterocycles. The van der Waals surface area contributed by atoms with Crippen LogP contribution in [0.25, 0.3) is 0 Å². The fraction of sp³-hybridized carbons (Fsp3) is 0.316. The fourth-order valence-corrected chi connectivity index (χ4v) is 5.52. The number of rotatable bonds is 6. The number of benzene rings is 1. The van der Waals surface area contributed by atoms with Gasteiger partial charge in [-0.25, -0.2) is 0 Å². The van der Waals surface area contributed by atoms with Gasteiger partial charge < -0.3 is 14.7 Å². The highest BCUT2D eigenvalue weighted by atomic mass is 32.2. The Balaban J connectivity index is 1.97. The van der Waals surface area contributed by atoms with Crippen molar-refractivity contribution >= 4 is 57.6 Å². The first-order chi connectivity index (χ1) is 13.4. The second kappa shape index (κ2) is 8.59. The second-order valence-electron chi connectivity index (χ2n) is 6.02. The van der Waals surface area contributed by atoms with Gasteiger partial charge in [-0.1, -0.05) is 42.7 Å². The van der Waals surface area contributed by atoms with Crippen LogP contribution in [-0.4, -0.2) is 46.4 Å². The van der Waals surface area contributed by atoms with Gasteiger partial charge >= 0.3 is 5.97 Å². The number of fused-ring (bicyclic) bond motifs is 1. The zero-order valence-electron chi connectivity index (χ0n) is 15.7. The summed E-state index contributed by atoms with van der Waals surface area (Å²) in [6, 6.07) is 5.96. The monoisotopic (exact) mass is 436 g/mol. The Kier molecular flexibility index (Phi) is 6.36. The maximum absolute atomic E-state index is 12.7. The molecular formula is C19H20N2O4S3. The van der Waals surface area contributed by atoms with Crippen LogP contribution >= 0.6 is 35.7 Å². The van der Waals surface area contributed by atoms with Crippen molar-refractivity contribution in [3.8, 4) is 5.75 Å². The number of carboxylic acids is 1. The smallest absolute Gasteiger partial charge is 0.323 e. The first-order valence-corrected chi connectivity index (χ1v) is 10.8. The number of hydrogen-bond donors (Lipinski definition) is 1. The molecule has 9 heteroatoms. The molecule has 1 N–H and O–H groups in total. The average Bonchev–Trinajstić information content (AvgIpc) is 3.16. The Bertz CT molecular complexity index is 910. The molecule has 2 aliphatic rings. The summed E-state index contributed by atoms with van der Waals surface area (Å²) in [7, 11) is 1.64. The van der Waals surface area contributed by atoms with Gasteiger partial charge in [-0.15, -0.1) is 0 Å². The predicted molar refractivity (Wildman–Crippen MR) is 117 cm³/mol. The van der Waals surface area contributed by atoms with E-state index in [9.17, 15) is 9.59 Å². The van der Waals surface area contributed by atoms with Gasteiger partial charge in [0.25, 0.3) is 5.91 Å². The molecule has 0 unspecified atom stereocenters. The third kappa shape index (κ3) is 3.92. The van der Waals surface area contributed by atoms with Gasteiger partial charge in [0, 0.05) is 17.5 Å². The van der Waals surface area contributed by atoms with E-state index in [1.54, 1.807) is 18.9 Å². The highest BCUT2D eigenvalue weighted by Gasteiger charge is 2.35. The van der Waals surface area contributed by atoms with Crippen LogP contribution in [-0.2, 0) is 9.59 Å². The second-order valence-corrected chi connectivity index (χ2v) is 8.73. The number of anilines is 1. The molecule has 6 nitrogen and oxygen atoms in total. The Hall–Kier alpha value is -1.97. The number of carboxylic acid groups (broad SMARTS) is 1. The van der Waals surface area contributed by atoms with Crippen molar-refractivity contribution in [3.05, 3.63) is 39.8 Å². The van der Waals surface area contributed by atoms with Crippen LogP contribution < -0.4 is 9.64 Å². The van der Waals surface area contributed by atoms with Gasteiger partial charge in [0.1, 0.15) is 16.6 Å². The first kappa shape index (κ1) is 20.8. The van der Waals surface area contributed by atoms with Crippen LogP contribution in [0.1, 0.15) is 20.3 Å². The van der Waals surface area contributed by atoms with E-state index in [0.717, 1.165) is 38.4 Å². The summed E-state index contributed by atoms with van der Waals surface area (Å²) in [6.07, 6.45) is 2.65. The van der Waals surface area contributed by atoms with Crippen molar-refractivity contribution in [1.82, 2.24) is 4.90 Å². The van der Waals surface area contributed by atoms with Gasteiger partial charge in [0.05, 0.1) is 22.7 Å². The number of carbonyl (C=O) groups is 2. The molecule has 3 rings (SSSR count). The number of methoxy groups -OCH3 is 1. The maximum Gasteiger partial charge on any atom is 0.323 e. The minimum Gasteiger partial charge on any atom is -0.497 e. The van der Waals surface area contributed by atoms with Crippen molar-refractivity contribution < 1.29 is 19.4 Å². The summed E-state index contributed by atoms with van der Waals surface area (Å²) in [4.78, 5) is 28.7. The van der Waals surface area contributed by atoms with E-state index in [-0.39, 0.29) is 10.2 Å². The Morgan fingerprint density at radius 3 is 2.64 bits per heavy atom.